The molecule has 31 heavy (non-hydrogen) atoms. The number of rotatable bonds is 7. The lowest BCUT2D eigenvalue weighted by Gasteiger charge is -2.38. The van der Waals surface area contributed by atoms with Crippen molar-refractivity contribution >= 4 is 5.96 Å². The monoisotopic (exact) mass is 427 g/mol. The van der Waals surface area contributed by atoms with Crippen molar-refractivity contribution in [1.82, 2.24) is 10.6 Å². The fraction of sp³-hybridized carbons (Fsp3) is 0.458. The van der Waals surface area contributed by atoms with Gasteiger partial charge in [0, 0.05) is 24.1 Å². The van der Waals surface area contributed by atoms with Crippen molar-refractivity contribution in [1.29, 1.82) is 0 Å². The third-order valence-electron chi connectivity index (χ3n) is 5.22. The van der Waals surface area contributed by atoms with Gasteiger partial charge in [-0.25, -0.2) is 4.99 Å². The zero-order valence-electron chi connectivity index (χ0n) is 19.2. The zero-order valence-corrected chi connectivity index (χ0v) is 19.2. The highest BCUT2D eigenvalue weighted by Crippen LogP contribution is 2.41. The van der Waals surface area contributed by atoms with Gasteiger partial charge in [0.2, 0.25) is 5.75 Å². The molecule has 1 unspecified atom stereocenters. The van der Waals surface area contributed by atoms with Crippen molar-refractivity contribution in [2.45, 2.75) is 45.4 Å². The van der Waals surface area contributed by atoms with Crippen molar-refractivity contribution in [3.8, 4) is 23.0 Å². The second-order valence-corrected chi connectivity index (χ2v) is 7.99. The van der Waals surface area contributed by atoms with Crippen LogP contribution in [-0.4, -0.2) is 39.4 Å². The SMILES string of the molecule is CCNC(=NCc1ccc(OC)c(OC)c1OC)NC1CC(C)(C)Oc2ccccc21. The molecule has 1 atom stereocenters. The molecule has 0 saturated carbocycles. The van der Waals surface area contributed by atoms with E-state index in [9.17, 15) is 0 Å². The molecule has 0 spiro atoms. The molecular weight excluding hydrogens is 394 g/mol. The molecule has 0 radical (unpaired) electrons. The van der Waals surface area contributed by atoms with Gasteiger partial charge in [-0.15, -0.1) is 0 Å². The van der Waals surface area contributed by atoms with Gasteiger partial charge in [0.1, 0.15) is 11.4 Å². The molecular formula is C24H33N3O4. The molecule has 0 bridgehead atoms. The van der Waals surface area contributed by atoms with Crippen LogP contribution in [0.4, 0.5) is 0 Å². The van der Waals surface area contributed by atoms with E-state index in [0.717, 1.165) is 35.8 Å². The summed E-state index contributed by atoms with van der Waals surface area (Å²) in [5.41, 5.74) is 1.77. The lowest BCUT2D eigenvalue weighted by molar-refractivity contribution is 0.0694. The predicted octanol–water partition coefficient (Wildman–Crippen LogP) is 4.07. The number of methoxy groups -OCH3 is 3. The van der Waals surface area contributed by atoms with Crippen LogP contribution in [0, 0.1) is 0 Å². The van der Waals surface area contributed by atoms with Gasteiger partial charge in [0.25, 0.3) is 0 Å². The summed E-state index contributed by atoms with van der Waals surface area (Å²) in [4.78, 5) is 4.82. The molecule has 7 nitrogen and oxygen atoms in total. The summed E-state index contributed by atoms with van der Waals surface area (Å²) in [5.74, 6) is 3.46. The van der Waals surface area contributed by atoms with Gasteiger partial charge in [0.05, 0.1) is 33.9 Å². The molecule has 7 heteroatoms. The van der Waals surface area contributed by atoms with E-state index < -0.39 is 0 Å². The minimum atomic E-state index is -0.268. The zero-order chi connectivity index (χ0) is 22.4. The number of fused-ring (bicyclic) bond motifs is 1. The average molecular weight is 428 g/mol. The minimum absolute atomic E-state index is 0.0880. The Morgan fingerprint density at radius 1 is 1.06 bits per heavy atom. The summed E-state index contributed by atoms with van der Waals surface area (Å²) >= 11 is 0. The van der Waals surface area contributed by atoms with Crippen LogP contribution in [0.5, 0.6) is 23.0 Å². The van der Waals surface area contributed by atoms with Crippen molar-refractivity contribution in [3.05, 3.63) is 47.5 Å². The number of guanidine groups is 1. The molecule has 2 aromatic carbocycles. The number of ether oxygens (including phenoxy) is 4. The van der Waals surface area contributed by atoms with Gasteiger partial charge in [-0.05, 0) is 39.0 Å². The van der Waals surface area contributed by atoms with Gasteiger partial charge in [0.15, 0.2) is 17.5 Å². The summed E-state index contributed by atoms with van der Waals surface area (Å²) < 4.78 is 22.6. The molecule has 1 aliphatic rings. The first-order chi connectivity index (χ1) is 14.9. The summed E-state index contributed by atoms with van der Waals surface area (Å²) in [7, 11) is 4.83. The lowest BCUT2D eigenvalue weighted by atomic mass is 9.90. The first-order valence-corrected chi connectivity index (χ1v) is 10.5. The fourth-order valence-corrected chi connectivity index (χ4v) is 3.87. The Bertz CT molecular complexity index is 927. The second kappa shape index (κ2) is 9.81. The highest BCUT2D eigenvalue weighted by atomic mass is 16.5. The van der Waals surface area contributed by atoms with Gasteiger partial charge < -0.3 is 29.6 Å². The van der Waals surface area contributed by atoms with E-state index in [1.807, 2.05) is 30.3 Å². The molecule has 3 rings (SSSR count). The van der Waals surface area contributed by atoms with E-state index in [1.54, 1.807) is 21.3 Å². The Morgan fingerprint density at radius 2 is 1.81 bits per heavy atom. The van der Waals surface area contributed by atoms with Crippen LogP contribution >= 0.6 is 0 Å². The Balaban J connectivity index is 1.87. The number of hydrogen-bond donors (Lipinski definition) is 2. The van der Waals surface area contributed by atoms with Crippen molar-refractivity contribution in [2.75, 3.05) is 27.9 Å². The van der Waals surface area contributed by atoms with E-state index in [0.29, 0.717) is 23.8 Å². The molecule has 0 amide bonds. The van der Waals surface area contributed by atoms with Crippen LogP contribution in [0.25, 0.3) is 0 Å². The maximum Gasteiger partial charge on any atom is 0.203 e. The van der Waals surface area contributed by atoms with E-state index in [-0.39, 0.29) is 11.6 Å². The Morgan fingerprint density at radius 3 is 2.48 bits per heavy atom. The number of para-hydroxylation sites is 1. The average Bonchev–Trinajstić information content (AvgIpc) is 2.75. The largest absolute Gasteiger partial charge is 0.493 e. The van der Waals surface area contributed by atoms with Crippen LogP contribution in [0.15, 0.2) is 41.4 Å². The first kappa shape index (κ1) is 22.6. The Labute approximate surface area is 184 Å². The lowest BCUT2D eigenvalue weighted by Crippen LogP contribution is -2.45. The number of benzene rings is 2. The topological polar surface area (TPSA) is 73.3 Å². The molecule has 1 heterocycles. The van der Waals surface area contributed by atoms with Crippen molar-refractivity contribution in [3.63, 3.8) is 0 Å². The smallest absolute Gasteiger partial charge is 0.203 e. The van der Waals surface area contributed by atoms with E-state index in [1.165, 1.54) is 0 Å². The molecule has 1 aliphatic heterocycles. The normalized spacial score (nSPS) is 17.2. The summed E-state index contributed by atoms with van der Waals surface area (Å²) in [6.45, 7) is 7.44. The van der Waals surface area contributed by atoms with Gasteiger partial charge in [-0.1, -0.05) is 18.2 Å². The Hall–Kier alpha value is -3.09. The van der Waals surface area contributed by atoms with Crippen molar-refractivity contribution < 1.29 is 18.9 Å². The van der Waals surface area contributed by atoms with Crippen LogP contribution in [0.3, 0.4) is 0 Å². The number of nitrogens with zero attached hydrogens (tertiary/aromatic N) is 1. The number of hydrogen-bond acceptors (Lipinski definition) is 5. The van der Waals surface area contributed by atoms with Gasteiger partial charge in [-0.3, -0.25) is 0 Å². The quantitative estimate of drug-likeness (QED) is 0.513. The predicted molar refractivity (Wildman–Crippen MR) is 123 cm³/mol. The van der Waals surface area contributed by atoms with Crippen LogP contribution in [0.2, 0.25) is 0 Å². The highest BCUT2D eigenvalue weighted by Gasteiger charge is 2.34. The fourth-order valence-electron chi connectivity index (χ4n) is 3.87. The van der Waals surface area contributed by atoms with Crippen molar-refractivity contribution in [2.24, 2.45) is 4.99 Å². The highest BCUT2D eigenvalue weighted by molar-refractivity contribution is 5.80. The molecule has 168 valence electrons. The summed E-state index contributed by atoms with van der Waals surface area (Å²) in [6, 6.07) is 12.1. The minimum Gasteiger partial charge on any atom is -0.493 e. The van der Waals surface area contributed by atoms with E-state index >= 15 is 0 Å². The number of nitrogens with one attached hydrogen (secondary N) is 2. The maximum atomic E-state index is 6.16. The molecule has 0 aromatic heterocycles. The van der Waals surface area contributed by atoms with Crippen LogP contribution in [-0.2, 0) is 6.54 Å². The second-order valence-electron chi connectivity index (χ2n) is 7.99. The molecule has 0 saturated heterocycles. The van der Waals surface area contributed by atoms with Gasteiger partial charge >= 0.3 is 0 Å². The third kappa shape index (κ3) is 5.16. The van der Waals surface area contributed by atoms with Crippen LogP contribution in [0.1, 0.15) is 44.4 Å². The van der Waals surface area contributed by atoms with E-state index in [4.69, 9.17) is 23.9 Å². The first-order valence-electron chi connectivity index (χ1n) is 10.5. The third-order valence-corrected chi connectivity index (χ3v) is 5.22. The molecule has 2 N–H and O–H groups in total. The Kier molecular flexibility index (Phi) is 7.15. The van der Waals surface area contributed by atoms with E-state index in [2.05, 4.69) is 37.5 Å². The molecule has 0 aliphatic carbocycles. The number of aliphatic imine (C=N–C) groups is 1. The maximum absolute atomic E-state index is 6.16. The van der Waals surface area contributed by atoms with Crippen LogP contribution < -0.4 is 29.6 Å². The standard InChI is InChI=1S/C24H33N3O4/c1-7-25-23(26-15-16-12-13-20(28-4)22(30-6)21(16)29-5)27-18-14-24(2,3)31-19-11-9-8-10-17(18)19/h8-13,18H,7,14-15H2,1-6H3,(H2,25,26,27). The summed E-state index contributed by atoms with van der Waals surface area (Å²) in [5, 5.41) is 6.94. The van der Waals surface area contributed by atoms with Gasteiger partial charge in [-0.2, -0.15) is 0 Å². The molecule has 0 fully saturated rings. The molecule has 2 aromatic rings. The summed E-state index contributed by atoms with van der Waals surface area (Å²) in [6.07, 6.45) is 0.827.